The molecule has 0 spiro atoms. The van der Waals surface area contributed by atoms with Gasteiger partial charge in [-0.15, -0.1) is 0 Å². The van der Waals surface area contributed by atoms with Gasteiger partial charge >= 0.3 is 0 Å². The van der Waals surface area contributed by atoms with Crippen molar-refractivity contribution in [1.82, 2.24) is 14.1 Å². The summed E-state index contributed by atoms with van der Waals surface area (Å²) in [4.78, 5) is 13.1. The van der Waals surface area contributed by atoms with Crippen LogP contribution < -0.4 is 9.62 Å². The molecule has 4 rings (SSSR count). The van der Waals surface area contributed by atoms with Crippen molar-refractivity contribution in [2.45, 2.75) is 13.0 Å². The van der Waals surface area contributed by atoms with Crippen molar-refractivity contribution in [3.8, 4) is 0 Å². The Bertz CT molecular complexity index is 1390. The Morgan fingerprint density at radius 2 is 1.86 bits per heavy atom. The Kier molecular flexibility index (Phi) is 8.53. The smallest absolute Gasteiger partial charge is 0.253 e. The Hall–Kier alpha value is -2.34. The molecular weight excluding hydrogens is 595 g/mol. The maximum absolute atomic E-state index is 13.1. The second-order valence-corrected chi connectivity index (χ2v) is 10.4. The number of rotatable bonds is 8. The third-order valence-electron chi connectivity index (χ3n) is 4.97. The number of halogens is 3. The summed E-state index contributed by atoms with van der Waals surface area (Å²) >= 11 is 13.6. The lowest BCUT2D eigenvalue weighted by Crippen LogP contribution is -2.28. The predicted octanol–water partition coefficient (Wildman–Crippen LogP) is 6.06. The first kappa shape index (κ1) is 25.7. The highest BCUT2D eigenvalue weighted by atomic mass is 79.9. The lowest BCUT2D eigenvalue weighted by molar-refractivity contribution is 0.0951. The molecule has 1 N–H and O–H groups in total. The van der Waals surface area contributed by atoms with Gasteiger partial charge in [-0.1, -0.05) is 75.5 Å². The summed E-state index contributed by atoms with van der Waals surface area (Å²) in [5.74, 6) is -0.346. The van der Waals surface area contributed by atoms with Crippen LogP contribution in [-0.2, 0) is 24.2 Å². The lowest BCUT2D eigenvalue weighted by atomic mass is 10.1. The summed E-state index contributed by atoms with van der Waals surface area (Å²) in [6.07, 6.45) is 0.380. The van der Waals surface area contributed by atoms with Gasteiger partial charge in [0.05, 0.1) is 34.2 Å². The van der Waals surface area contributed by atoms with Crippen LogP contribution in [0.1, 0.15) is 27.2 Å². The van der Waals surface area contributed by atoms with E-state index in [1.165, 1.54) is 6.07 Å². The summed E-state index contributed by atoms with van der Waals surface area (Å²) in [6, 6.07) is 19.2. The third-order valence-corrected chi connectivity index (χ3v) is 7.27. The van der Waals surface area contributed by atoms with Gasteiger partial charge in [-0.05, 0) is 41.5 Å². The van der Waals surface area contributed by atoms with E-state index in [4.69, 9.17) is 23.2 Å². The first-order valence-electron chi connectivity index (χ1n) is 10.1. The van der Waals surface area contributed by atoms with Gasteiger partial charge in [0.2, 0.25) is 0 Å². The molecule has 0 aliphatic heterocycles. The van der Waals surface area contributed by atoms with Crippen molar-refractivity contribution < 1.29 is 13.6 Å². The SMILES string of the molecule is O=C(NCc1ccc(Cl)cc1Cl)c1ccc(Br)cc1N(c1nsnc1Cc1ccccc1)S(=O)[O-]. The van der Waals surface area contributed by atoms with E-state index in [-0.39, 0.29) is 23.6 Å². The molecule has 0 bridgehead atoms. The minimum absolute atomic E-state index is 0.127. The first-order valence-corrected chi connectivity index (χ1v) is 13.4. The summed E-state index contributed by atoms with van der Waals surface area (Å²) in [5.41, 5.74) is 2.37. The van der Waals surface area contributed by atoms with Crippen LogP contribution in [0.4, 0.5) is 11.5 Å². The third kappa shape index (κ3) is 6.27. The summed E-state index contributed by atoms with van der Waals surface area (Å²) in [6.45, 7) is 0.127. The van der Waals surface area contributed by atoms with E-state index in [1.54, 1.807) is 30.3 Å². The fourth-order valence-corrected chi connectivity index (χ4v) is 5.35. The zero-order valence-corrected chi connectivity index (χ0v) is 22.5. The highest BCUT2D eigenvalue weighted by Crippen LogP contribution is 2.34. The second-order valence-electron chi connectivity index (χ2n) is 7.29. The number of nitrogens with one attached hydrogen (secondary N) is 1. The molecule has 180 valence electrons. The summed E-state index contributed by atoms with van der Waals surface area (Å²) in [5, 5.41) is 3.68. The number of hydrogen-bond acceptors (Lipinski definition) is 6. The quantitative estimate of drug-likeness (QED) is 0.245. The Morgan fingerprint density at radius 1 is 1.09 bits per heavy atom. The molecule has 0 aliphatic rings. The fraction of sp³-hybridized carbons (Fsp3) is 0.0870. The van der Waals surface area contributed by atoms with E-state index in [2.05, 4.69) is 30.0 Å². The molecule has 0 radical (unpaired) electrons. The molecule has 0 saturated carbocycles. The molecule has 0 saturated heterocycles. The molecular formula is C23H16BrCl2N4O3S2-. The lowest BCUT2D eigenvalue weighted by Gasteiger charge is -2.27. The minimum atomic E-state index is -2.78. The van der Waals surface area contributed by atoms with Gasteiger partial charge in [0.25, 0.3) is 5.91 Å². The number of hydrogen-bond donors (Lipinski definition) is 1. The Morgan fingerprint density at radius 3 is 2.57 bits per heavy atom. The number of nitrogens with zero attached hydrogens (tertiary/aromatic N) is 3. The van der Waals surface area contributed by atoms with Crippen molar-refractivity contribution in [2.24, 2.45) is 0 Å². The average molecular weight is 611 g/mol. The molecule has 1 unspecified atom stereocenters. The van der Waals surface area contributed by atoms with Crippen molar-refractivity contribution in [2.75, 3.05) is 4.31 Å². The van der Waals surface area contributed by atoms with Crippen LogP contribution in [0.15, 0.2) is 71.2 Å². The molecule has 1 aromatic heterocycles. The van der Waals surface area contributed by atoms with E-state index >= 15 is 0 Å². The normalized spacial score (nSPS) is 11.8. The van der Waals surface area contributed by atoms with E-state index in [9.17, 15) is 13.6 Å². The summed E-state index contributed by atoms with van der Waals surface area (Å²) in [7, 11) is 0. The zero-order valence-electron chi connectivity index (χ0n) is 17.8. The van der Waals surface area contributed by atoms with Crippen LogP contribution in [-0.4, -0.2) is 23.4 Å². The van der Waals surface area contributed by atoms with Crippen LogP contribution in [0.5, 0.6) is 0 Å². The number of carbonyl (C=O) groups excluding carboxylic acids is 1. The van der Waals surface area contributed by atoms with Gasteiger partial charge in [-0.3, -0.25) is 13.3 Å². The Balaban J connectivity index is 1.67. The van der Waals surface area contributed by atoms with Gasteiger partial charge in [0.15, 0.2) is 5.82 Å². The van der Waals surface area contributed by atoms with Crippen molar-refractivity contribution in [3.05, 3.63) is 104 Å². The van der Waals surface area contributed by atoms with Crippen molar-refractivity contribution in [3.63, 3.8) is 0 Å². The van der Waals surface area contributed by atoms with E-state index in [0.29, 0.717) is 32.2 Å². The monoisotopic (exact) mass is 609 g/mol. The topological polar surface area (TPSA) is 98.2 Å². The van der Waals surface area contributed by atoms with Gasteiger partial charge in [-0.25, -0.2) is 0 Å². The van der Waals surface area contributed by atoms with Crippen molar-refractivity contribution in [1.29, 1.82) is 0 Å². The maximum Gasteiger partial charge on any atom is 0.253 e. The molecule has 1 amide bonds. The number of benzene rings is 3. The van der Waals surface area contributed by atoms with E-state index in [1.807, 2.05) is 30.3 Å². The van der Waals surface area contributed by atoms with Crippen molar-refractivity contribution >= 4 is 79.5 Å². The number of anilines is 2. The van der Waals surface area contributed by atoms with Crippen LogP contribution in [0, 0.1) is 0 Å². The molecule has 1 atom stereocenters. The van der Waals surface area contributed by atoms with E-state index in [0.717, 1.165) is 21.6 Å². The maximum atomic E-state index is 13.1. The van der Waals surface area contributed by atoms with Gasteiger partial charge in [0, 0.05) is 27.5 Å². The number of aromatic nitrogens is 2. The molecule has 0 fully saturated rings. The molecule has 7 nitrogen and oxygen atoms in total. The highest BCUT2D eigenvalue weighted by molar-refractivity contribution is 9.10. The summed E-state index contributed by atoms with van der Waals surface area (Å²) < 4.78 is 35.0. The van der Waals surface area contributed by atoms with Gasteiger partial charge in [0.1, 0.15) is 5.69 Å². The zero-order chi connectivity index (χ0) is 24.9. The largest absolute Gasteiger partial charge is 0.755 e. The van der Waals surface area contributed by atoms with Crippen LogP contribution in [0.3, 0.4) is 0 Å². The van der Waals surface area contributed by atoms with E-state index < -0.39 is 17.2 Å². The Labute approximate surface area is 227 Å². The minimum Gasteiger partial charge on any atom is -0.755 e. The standard InChI is InChI=1S/C23H17BrCl2N4O3S2/c24-16-7-9-18(23(31)27-13-15-6-8-17(25)12-19(15)26)21(11-16)30(35(32)33)22-20(28-34-29-22)10-14-4-2-1-3-5-14/h1-9,11-12H,10,13H2,(H,27,31)(H,32,33)/p-1. The molecule has 4 aromatic rings. The first-order chi connectivity index (χ1) is 16.8. The molecule has 12 heteroatoms. The second kappa shape index (κ2) is 11.6. The molecule has 0 aliphatic carbocycles. The van der Waals surface area contributed by atoms with Crippen LogP contribution >= 0.6 is 50.9 Å². The average Bonchev–Trinajstić information content (AvgIpc) is 3.26. The number of carbonyl (C=O) groups is 1. The highest BCUT2D eigenvalue weighted by Gasteiger charge is 2.24. The van der Waals surface area contributed by atoms with Crippen LogP contribution in [0.25, 0.3) is 0 Å². The van der Waals surface area contributed by atoms with Crippen LogP contribution in [0.2, 0.25) is 10.0 Å². The predicted molar refractivity (Wildman–Crippen MR) is 142 cm³/mol. The molecule has 3 aromatic carbocycles. The van der Waals surface area contributed by atoms with Gasteiger partial charge in [-0.2, -0.15) is 8.75 Å². The molecule has 1 heterocycles. The molecule has 35 heavy (non-hydrogen) atoms. The number of amides is 1. The fourth-order valence-electron chi connectivity index (χ4n) is 3.32. The van der Waals surface area contributed by atoms with Gasteiger partial charge < -0.3 is 9.87 Å².